The van der Waals surface area contributed by atoms with Crippen LogP contribution in [0.1, 0.15) is 29.2 Å². The van der Waals surface area contributed by atoms with E-state index >= 15 is 0 Å². The van der Waals surface area contributed by atoms with Gasteiger partial charge >= 0.3 is 0 Å². The summed E-state index contributed by atoms with van der Waals surface area (Å²) in [6.45, 7) is 1.15. The number of aliphatic hydroxyl groups excluding tert-OH is 1. The molecule has 4 rings (SSSR count). The maximum Gasteiger partial charge on any atom is 0.289 e. The maximum atomic E-state index is 12.6. The number of nitrogens with zero attached hydrogens (tertiary/aromatic N) is 1. The SMILES string of the molecule is O=C(c1ccc(CS(=O)(=O)c2ccccc2)o1)N1C[C@@H]2CC[C@H](O)[C@@H]2C1. The summed E-state index contributed by atoms with van der Waals surface area (Å²) in [6.07, 6.45) is 1.41. The largest absolute Gasteiger partial charge is 0.455 e. The van der Waals surface area contributed by atoms with E-state index in [1.165, 1.54) is 6.07 Å². The quantitative estimate of drug-likeness (QED) is 0.884. The van der Waals surface area contributed by atoms with E-state index in [2.05, 4.69) is 0 Å². The number of carbonyl (C=O) groups excluding carboxylic acids is 1. The van der Waals surface area contributed by atoms with Crippen LogP contribution in [0, 0.1) is 11.8 Å². The summed E-state index contributed by atoms with van der Waals surface area (Å²) in [5.74, 6) is 0.367. The highest BCUT2D eigenvalue weighted by Gasteiger charge is 2.43. The van der Waals surface area contributed by atoms with Crippen molar-refractivity contribution in [3.63, 3.8) is 0 Å². The molecule has 138 valence electrons. The predicted molar refractivity (Wildman–Crippen MR) is 94.2 cm³/mol. The van der Waals surface area contributed by atoms with E-state index in [-0.39, 0.29) is 40.1 Å². The van der Waals surface area contributed by atoms with Crippen molar-refractivity contribution in [2.24, 2.45) is 11.8 Å². The molecule has 2 aliphatic rings. The van der Waals surface area contributed by atoms with Gasteiger partial charge in [-0.3, -0.25) is 4.79 Å². The zero-order chi connectivity index (χ0) is 18.3. The molecule has 1 N–H and O–H groups in total. The van der Waals surface area contributed by atoms with Crippen molar-refractivity contribution >= 4 is 15.7 Å². The number of likely N-dealkylation sites (tertiary alicyclic amines) is 1. The second-order valence-corrected chi connectivity index (χ2v) is 9.11. The van der Waals surface area contributed by atoms with Crippen molar-refractivity contribution in [2.75, 3.05) is 13.1 Å². The molecule has 1 aliphatic carbocycles. The van der Waals surface area contributed by atoms with Crippen LogP contribution >= 0.6 is 0 Å². The van der Waals surface area contributed by atoms with E-state index < -0.39 is 9.84 Å². The number of fused-ring (bicyclic) bond motifs is 1. The van der Waals surface area contributed by atoms with Gasteiger partial charge in [-0.25, -0.2) is 8.42 Å². The summed E-state index contributed by atoms with van der Waals surface area (Å²) in [5, 5.41) is 9.98. The highest BCUT2D eigenvalue weighted by Crippen LogP contribution is 2.38. The molecule has 1 aliphatic heterocycles. The minimum absolute atomic E-state index is 0.145. The molecule has 0 spiro atoms. The lowest BCUT2D eigenvalue weighted by Crippen LogP contribution is -2.30. The third-order valence-corrected chi connectivity index (χ3v) is 7.07. The van der Waals surface area contributed by atoms with Gasteiger partial charge in [-0.15, -0.1) is 0 Å². The molecule has 1 amide bonds. The molecule has 7 heteroatoms. The van der Waals surface area contributed by atoms with Crippen LogP contribution in [0.3, 0.4) is 0 Å². The Morgan fingerprint density at radius 1 is 1.12 bits per heavy atom. The molecule has 0 unspecified atom stereocenters. The van der Waals surface area contributed by atoms with E-state index in [0.29, 0.717) is 19.0 Å². The average Bonchev–Trinajstić information content (AvgIpc) is 3.33. The van der Waals surface area contributed by atoms with Gasteiger partial charge in [0.15, 0.2) is 15.6 Å². The van der Waals surface area contributed by atoms with Crippen molar-refractivity contribution in [3.8, 4) is 0 Å². The van der Waals surface area contributed by atoms with Gasteiger partial charge in [0.1, 0.15) is 11.5 Å². The minimum atomic E-state index is -3.52. The van der Waals surface area contributed by atoms with Gasteiger partial charge in [-0.1, -0.05) is 18.2 Å². The fraction of sp³-hybridized carbons (Fsp3) is 0.421. The fourth-order valence-electron chi connectivity index (χ4n) is 4.03. The third kappa shape index (κ3) is 3.17. The average molecular weight is 375 g/mol. The second-order valence-electron chi connectivity index (χ2n) is 7.12. The van der Waals surface area contributed by atoms with E-state index in [0.717, 1.165) is 12.8 Å². The fourth-order valence-corrected chi connectivity index (χ4v) is 5.30. The Balaban J connectivity index is 1.46. The van der Waals surface area contributed by atoms with Gasteiger partial charge in [-0.05, 0) is 43.0 Å². The lowest BCUT2D eigenvalue weighted by atomic mass is 10.00. The van der Waals surface area contributed by atoms with Crippen molar-refractivity contribution in [2.45, 2.75) is 29.6 Å². The molecule has 1 aromatic heterocycles. The third-order valence-electron chi connectivity index (χ3n) is 5.41. The first-order chi connectivity index (χ1) is 12.4. The van der Waals surface area contributed by atoms with Crippen molar-refractivity contribution in [1.82, 2.24) is 4.90 Å². The number of sulfone groups is 1. The van der Waals surface area contributed by atoms with E-state index in [1.54, 1.807) is 41.3 Å². The molecule has 0 bridgehead atoms. The maximum absolute atomic E-state index is 12.6. The van der Waals surface area contributed by atoms with Crippen LogP contribution < -0.4 is 0 Å². The summed E-state index contributed by atoms with van der Waals surface area (Å²) in [4.78, 5) is 14.6. The Kier molecular flexibility index (Phi) is 4.36. The van der Waals surface area contributed by atoms with Crippen LogP contribution in [0.15, 0.2) is 51.8 Å². The van der Waals surface area contributed by atoms with Crippen LogP contribution in [0.4, 0.5) is 0 Å². The lowest BCUT2D eigenvalue weighted by Gasteiger charge is -2.17. The molecule has 2 heterocycles. The Morgan fingerprint density at radius 3 is 2.62 bits per heavy atom. The number of furan rings is 1. The highest BCUT2D eigenvalue weighted by molar-refractivity contribution is 7.90. The molecule has 1 aromatic carbocycles. The standard InChI is InChI=1S/C19H21NO5S/c21-17-8-6-13-10-20(11-16(13)17)19(22)18-9-7-14(25-18)12-26(23,24)15-4-2-1-3-5-15/h1-5,7,9,13,16-17,21H,6,8,10-12H2/t13-,16+,17-/m0/s1. The minimum Gasteiger partial charge on any atom is -0.455 e. The van der Waals surface area contributed by atoms with Gasteiger partial charge in [-0.2, -0.15) is 0 Å². The first kappa shape index (κ1) is 17.3. The first-order valence-corrected chi connectivity index (χ1v) is 10.4. The van der Waals surface area contributed by atoms with E-state index in [1.807, 2.05) is 0 Å². The van der Waals surface area contributed by atoms with Gasteiger partial charge < -0.3 is 14.4 Å². The van der Waals surface area contributed by atoms with Crippen LogP contribution in [0.2, 0.25) is 0 Å². The molecule has 2 fully saturated rings. The summed E-state index contributed by atoms with van der Waals surface area (Å²) >= 11 is 0. The number of hydrogen-bond acceptors (Lipinski definition) is 5. The predicted octanol–water partition coefficient (Wildman–Crippen LogP) is 2.10. The van der Waals surface area contributed by atoms with E-state index in [4.69, 9.17) is 4.42 Å². The van der Waals surface area contributed by atoms with Crippen LogP contribution in [0.25, 0.3) is 0 Å². The Bertz CT molecular complexity index is 905. The van der Waals surface area contributed by atoms with Crippen molar-refractivity contribution in [1.29, 1.82) is 0 Å². The lowest BCUT2D eigenvalue weighted by molar-refractivity contribution is 0.0720. The molecular formula is C19H21NO5S. The normalized spacial score (nSPS) is 25.4. The Labute approximate surface area is 152 Å². The van der Waals surface area contributed by atoms with Gasteiger partial charge in [0.2, 0.25) is 0 Å². The molecular weight excluding hydrogens is 354 g/mol. The zero-order valence-electron chi connectivity index (χ0n) is 14.2. The molecule has 0 radical (unpaired) electrons. The Hall–Kier alpha value is -2.12. The summed E-state index contributed by atoms with van der Waals surface area (Å²) in [7, 11) is -3.52. The second kappa shape index (κ2) is 6.55. The molecule has 6 nitrogen and oxygen atoms in total. The van der Waals surface area contributed by atoms with E-state index in [9.17, 15) is 18.3 Å². The molecule has 26 heavy (non-hydrogen) atoms. The first-order valence-electron chi connectivity index (χ1n) is 8.78. The smallest absolute Gasteiger partial charge is 0.289 e. The summed E-state index contributed by atoms with van der Waals surface area (Å²) in [6, 6.07) is 11.2. The Morgan fingerprint density at radius 2 is 1.88 bits per heavy atom. The highest BCUT2D eigenvalue weighted by atomic mass is 32.2. The number of aliphatic hydroxyl groups is 1. The molecule has 3 atom stereocenters. The van der Waals surface area contributed by atoms with Crippen LogP contribution in [-0.4, -0.2) is 43.5 Å². The van der Waals surface area contributed by atoms with Gasteiger partial charge in [0, 0.05) is 19.0 Å². The van der Waals surface area contributed by atoms with Crippen molar-refractivity contribution in [3.05, 3.63) is 54.0 Å². The monoisotopic (exact) mass is 375 g/mol. The molecule has 1 saturated heterocycles. The number of amides is 1. The number of rotatable bonds is 4. The van der Waals surface area contributed by atoms with Crippen LogP contribution in [-0.2, 0) is 15.6 Å². The van der Waals surface area contributed by atoms with Crippen LogP contribution in [0.5, 0.6) is 0 Å². The summed E-state index contributed by atoms with van der Waals surface area (Å²) in [5.41, 5.74) is 0. The van der Waals surface area contributed by atoms with Gasteiger partial charge in [0.25, 0.3) is 5.91 Å². The molecule has 2 aromatic rings. The molecule has 1 saturated carbocycles. The number of hydrogen-bond donors (Lipinski definition) is 1. The topological polar surface area (TPSA) is 87.8 Å². The van der Waals surface area contributed by atoms with Crippen molar-refractivity contribution < 1.29 is 22.7 Å². The van der Waals surface area contributed by atoms with Gasteiger partial charge in [0.05, 0.1) is 11.0 Å². The zero-order valence-corrected chi connectivity index (χ0v) is 15.1. The number of benzene rings is 1. The number of carbonyl (C=O) groups is 1. The summed E-state index contributed by atoms with van der Waals surface area (Å²) < 4.78 is 30.4.